The molecule has 0 fully saturated rings. The summed E-state index contributed by atoms with van der Waals surface area (Å²) in [5, 5.41) is 5.23. The number of ether oxygens (including phenoxy) is 1. The molecule has 128 valence electrons. The van der Waals surface area contributed by atoms with Gasteiger partial charge in [-0.05, 0) is 18.2 Å². The third kappa shape index (κ3) is 6.23. The molecule has 7 heteroatoms. The van der Waals surface area contributed by atoms with Crippen molar-refractivity contribution >= 4 is 17.5 Å². The van der Waals surface area contributed by atoms with E-state index in [-0.39, 0.29) is 30.5 Å². The Morgan fingerprint density at radius 3 is 2.76 bits per heavy atom. The predicted octanol–water partition coefficient (Wildman–Crippen LogP) is 1.41. The highest BCUT2D eigenvalue weighted by atomic mass is 16.5. The monoisotopic (exact) mass is 340 g/mol. The normalized spacial score (nSPS) is 9.48. The first kappa shape index (κ1) is 17.8. The van der Waals surface area contributed by atoms with E-state index in [4.69, 9.17) is 4.74 Å². The molecular weight excluding hydrogens is 324 g/mol. The molecule has 25 heavy (non-hydrogen) atoms. The summed E-state index contributed by atoms with van der Waals surface area (Å²) in [6.45, 7) is 1.70. The molecule has 0 aliphatic rings. The maximum Gasteiger partial charge on any atom is 0.335 e. The van der Waals surface area contributed by atoms with Gasteiger partial charge in [-0.1, -0.05) is 17.9 Å². The molecule has 0 saturated heterocycles. The van der Waals surface area contributed by atoms with Gasteiger partial charge >= 0.3 is 5.63 Å². The molecule has 1 aromatic heterocycles. The molecule has 2 N–H and O–H groups in total. The van der Waals surface area contributed by atoms with Gasteiger partial charge in [0.05, 0.1) is 12.1 Å². The van der Waals surface area contributed by atoms with Gasteiger partial charge in [0.2, 0.25) is 5.91 Å². The number of amides is 2. The number of benzene rings is 1. The summed E-state index contributed by atoms with van der Waals surface area (Å²) in [7, 11) is 0. The van der Waals surface area contributed by atoms with Crippen molar-refractivity contribution in [2.75, 3.05) is 18.5 Å². The van der Waals surface area contributed by atoms with Crippen molar-refractivity contribution < 1.29 is 18.7 Å². The van der Waals surface area contributed by atoms with Gasteiger partial charge in [-0.15, -0.1) is 0 Å². The van der Waals surface area contributed by atoms with Gasteiger partial charge < -0.3 is 19.8 Å². The standard InChI is InChI=1S/C18H16N2O5/c1-13(21)20-15-5-4-6-16(11-15)24-10-3-2-9-19-18(23)14-7-8-17(22)25-12-14/h4-8,11-12H,9-10H2,1H3,(H,19,23)(H,20,21). The lowest BCUT2D eigenvalue weighted by Crippen LogP contribution is -2.23. The molecule has 0 atom stereocenters. The summed E-state index contributed by atoms with van der Waals surface area (Å²) < 4.78 is 10.1. The molecule has 1 heterocycles. The lowest BCUT2D eigenvalue weighted by atomic mass is 10.3. The number of nitrogens with one attached hydrogen (secondary N) is 2. The zero-order chi connectivity index (χ0) is 18.1. The summed E-state index contributed by atoms with van der Waals surface area (Å²) in [5.74, 6) is 5.53. The van der Waals surface area contributed by atoms with E-state index in [1.807, 2.05) is 0 Å². The minimum atomic E-state index is -0.518. The second-order valence-electron chi connectivity index (χ2n) is 4.88. The van der Waals surface area contributed by atoms with Crippen LogP contribution >= 0.6 is 0 Å². The summed E-state index contributed by atoms with van der Waals surface area (Å²) in [5.41, 5.74) is 0.364. The highest BCUT2D eigenvalue weighted by molar-refractivity contribution is 5.93. The van der Waals surface area contributed by atoms with Crippen LogP contribution in [0.3, 0.4) is 0 Å². The van der Waals surface area contributed by atoms with Crippen LogP contribution in [0.5, 0.6) is 5.75 Å². The minimum Gasteiger partial charge on any atom is -0.481 e. The van der Waals surface area contributed by atoms with E-state index in [1.165, 1.54) is 19.1 Å². The van der Waals surface area contributed by atoms with Crippen molar-refractivity contribution in [1.29, 1.82) is 0 Å². The molecule has 2 aromatic rings. The van der Waals surface area contributed by atoms with Crippen LogP contribution in [-0.4, -0.2) is 25.0 Å². The summed E-state index contributed by atoms with van der Waals surface area (Å²) in [6, 6.07) is 9.49. The average molecular weight is 340 g/mol. The minimum absolute atomic E-state index is 0.132. The first-order chi connectivity index (χ1) is 12.0. The van der Waals surface area contributed by atoms with Crippen LogP contribution in [0.15, 0.2) is 51.9 Å². The van der Waals surface area contributed by atoms with Gasteiger partial charge in [-0.2, -0.15) is 0 Å². The Labute approximate surface area is 144 Å². The fraction of sp³-hybridized carbons (Fsp3) is 0.167. The molecule has 0 aliphatic carbocycles. The van der Waals surface area contributed by atoms with Crippen molar-refractivity contribution in [2.45, 2.75) is 6.92 Å². The second-order valence-corrected chi connectivity index (χ2v) is 4.88. The van der Waals surface area contributed by atoms with Crippen molar-refractivity contribution in [3.8, 4) is 17.6 Å². The molecule has 0 spiro atoms. The number of carbonyl (C=O) groups is 2. The smallest absolute Gasteiger partial charge is 0.335 e. The van der Waals surface area contributed by atoms with Gasteiger partial charge in [-0.3, -0.25) is 9.59 Å². The maximum absolute atomic E-state index is 11.7. The molecule has 2 amide bonds. The van der Waals surface area contributed by atoms with Crippen LogP contribution in [0.1, 0.15) is 17.3 Å². The number of anilines is 1. The highest BCUT2D eigenvalue weighted by Gasteiger charge is 2.04. The van der Waals surface area contributed by atoms with Gasteiger partial charge in [0, 0.05) is 24.7 Å². The summed E-state index contributed by atoms with van der Waals surface area (Å²) in [4.78, 5) is 33.5. The Bertz CT molecular complexity index is 856. The second kappa shape index (κ2) is 8.93. The van der Waals surface area contributed by atoms with Crippen LogP contribution in [-0.2, 0) is 4.79 Å². The molecule has 0 unspecified atom stereocenters. The van der Waals surface area contributed by atoms with E-state index < -0.39 is 5.63 Å². The Balaban J connectivity index is 1.76. The van der Waals surface area contributed by atoms with E-state index >= 15 is 0 Å². The Morgan fingerprint density at radius 2 is 2.04 bits per heavy atom. The van der Waals surface area contributed by atoms with Crippen LogP contribution in [0.4, 0.5) is 5.69 Å². The number of carbonyl (C=O) groups excluding carboxylic acids is 2. The average Bonchev–Trinajstić information content (AvgIpc) is 2.58. The summed E-state index contributed by atoms with van der Waals surface area (Å²) in [6.07, 6.45) is 1.09. The molecular formula is C18H16N2O5. The summed E-state index contributed by atoms with van der Waals surface area (Å²) >= 11 is 0. The number of rotatable bonds is 5. The fourth-order valence-corrected chi connectivity index (χ4v) is 1.81. The Hall–Kier alpha value is -3.53. The maximum atomic E-state index is 11.7. The predicted molar refractivity (Wildman–Crippen MR) is 91.3 cm³/mol. The topological polar surface area (TPSA) is 97.6 Å². The van der Waals surface area contributed by atoms with E-state index in [9.17, 15) is 14.4 Å². The largest absolute Gasteiger partial charge is 0.481 e. The SMILES string of the molecule is CC(=O)Nc1cccc(OCC#CCNC(=O)c2ccc(=O)oc2)c1. The van der Waals surface area contributed by atoms with E-state index in [0.717, 1.165) is 6.26 Å². The van der Waals surface area contributed by atoms with E-state index in [2.05, 4.69) is 26.9 Å². The fourth-order valence-electron chi connectivity index (χ4n) is 1.81. The number of hydrogen-bond acceptors (Lipinski definition) is 5. The van der Waals surface area contributed by atoms with Crippen molar-refractivity contribution in [3.05, 3.63) is 58.6 Å². The van der Waals surface area contributed by atoms with E-state index in [1.54, 1.807) is 24.3 Å². The first-order valence-corrected chi connectivity index (χ1v) is 7.38. The van der Waals surface area contributed by atoms with E-state index in [0.29, 0.717) is 11.4 Å². The third-order valence-electron chi connectivity index (χ3n) is 2.89. The molecule has 0 radical (unpaired) electrons. The van der Waals surface area contributed by atoms with Gasteiger partial charge in [0.15, 0.2) is 0 Å². The molecule has 7 nitrogen and oxygen atoms in total. The van der Waals surface area contributed by atoms with Crippen LogP contribution < -0.4 is 21.0 Å². The van der Waals surface area contributed by atoms with Crippen LogP contribution in [0.25, 0.3) is 0 Å². The number of hydrogen-bond donors (Lipinski definition) is 2. The van der Waals surface area contributed by atoms with Gasteiger partial charge in [0.1, 0.15) is 18.6 Å². The lowest BCUT2D eigenvalue weighted by Gasteiger charge is -2.05. The van der Waals surface area contributed by atoms with Crippen molar-refractivity contribution in [1.82, 2.24) is 5.32 Å². The zero-order valence-corrected chi connectivity index (χ0v) is 13.5. The zero-order valence-electron chi connectivity index (χ0n) is 13.5. The van der Waals surface area contributed by atoms with Gasteiger partial charge in [-0.25, -0.2) is 4.79 Å². The first-order valence-electron chi connectivity index (χ1n) is 7.38. The lowest BCUT2D eigenvalue weighted by molar-refractivity contribution is -0.114. The van der Waals surface area contributed by atoms with Crippen molar-refractivity contribution in [2.24, 2.45) is 0 Å². The van der Waals surface area contributed by atoms with Crippen LogP contribution in [0.2, 0.25) is 0 Å². The highest BCUT2D eigenvalue weighted by Crippen LogP contribution is 2.16. The Morgan fingerprint density at radius 1 is 1.20 bits per heavy atom. The van der Waals surface area contributed by atoms with Crippen LogP contribution in [0, 0.1) is 11.8 Å². The molecule has 1 aromatic carbocycles. The molecule has 0 saturated carbocycles. The Kier molecular flexibility index (Phi) is 6.37. The molecule has 0 aliphatic heterocycles. The molecule has 2 rings (SSSR count). The quantitative estimate of drug-likeness (QED) is 0.802. The van der Waals surface area contributed by atoms with Gasteiger partial charge in [0.25, 0.3) is 5.91 Å². The third-order valence-corrected chi connectivity index (χ3v) is 2.89. The molecule has 0 bridgehead atoms. The van der Waals surface area contributed by atoms with Crippen molar-refractivity contribution in [3.63, 3.8) is 0 Å².